The minimum Gasteiger partial charge on any atom is -0.486 e. The molecule has 5 rings (SSSR count). The Balaban J connectivity index is 1.31. The van der Waals surface area contributed by atoms with E-state index in [4.69, 9.17) is 14.7 Å². The van der Waals surface area contributed by atoms with Gasteiger partial charge in [-0.3, -0.25) is 9.52 Å². The molecule has 3 aromatic carbocycles. The third kappa shape index (κ3) is 4.15. The lowest BCUT2D eigenvalue weighted by Crippen LogP contribution is -2.21. The summed E-state index contributed by atoms with van der Waals surface area (Å²) in [5.41, 5.74) is 3.28. The molecule has 0 spiro atoms. The number of rotatable bonds is 5. The number of nitrogens with one attached hydrogen (secondary N) is 1. The first-order valence-electron chi connectivity index (χ1n) is 10.5. The first kappa shape index (κ1) is 21.0. The van der Waals surface area contributed by atoms with Crippen LogP contribution in [0.4, 0.5) is 0 Å². The third-order valence-electron chi connectivity index (χ3n) is 5.92. The Morgan fingerprint density at radius 2 is 1.70 bits per heavy atom. The Morgan fingerprint density at radius 3 is 2.36 bits per heavy atom. The van der Waals surface area contributed by atoms with E-state index in [2.05, 4.69) is 6.07 Å². The average molecular weight is 461 g/mol. The van der Waals surface area contributed by atoms with E-state index < -0.39 is 21.2 Å². The maximum atomic E-state index is 12.1. The molecule has 2 atom stereocenters. The van der Waals surface area contributed by atoms with Crippen LogP contribution in [0.1, 0.15) is 46.4 Å². The Labute approximate surface area is 191 Å². The number of nitrogens with zero attached hydrogens (tertiary/aromatic N) is 1. The molecule has 2 aliphatic rings. The summed E-state index contributed by atoms with van der Waals surface area (Å²) in [6.45, 7) is 0. The predicted molar refractivity (Wildman–Crippen MR) is 120 cm³/mol. The number of benzene rings is 3. The highest BCUT2D eigenvalue weighted by Gasteiger charge is 2.37. The summed E-state index contributed by atoms with van der Waals surface area (Å²) in [6, 6.07) is 21.8. The summed E-state index contributed by atoms with van der Waals surface area (Å²) in [7, 11) is -3.67. The largest absolute Gasteiger partial charge is 0.486 e. The van der Waals surface area contributed by atoms with Crippen molar-refractivity contribution in [2.75, 3.05) is 0 Å². The van der Waals surface area contributed by atoms with E-state index in [1.165, 1.54) is 0 Å². The summed E-state index contributed by atoms with van der Waals surface area (Å²) >= 11 is 0. The Bertz CT molecular complexity index is 1360. The molecular formula is C25H20N2O5S. The molecule has 1 aliphatic carbocycles. The monoisotopic (exact) mass is 460 g/mol. The van der Waals surface area contributed by atoms with Gasteiger partial charge in [0.25, 0.3) is 0 Å². The number of hydrogen-bond donors (Lipinski definition) is 1. The van der Waals surface area contributed by atoms with Gasteiger partial charge in [-0.2, -0.15) is 5.26 Å². The molecule has 0 bridgehead atoms. The molecule has 0 radical (unpaired) electrons. The third-order valence-corrected chi connectivity index (χ3v) is 7.62. The lowest BCUT2D eigenvalue weighted by Gasteiger charge is -2.17. The van der Waals surface area contributed by atoms with Crippen molar-refractivity contribution in [1.82, 2.24) is 4.72 Å². The minimum atomic E-state index is -3.67. The molecule has 0 saturated carbocycles. The standard InChI is InChI=1S/C25H20N2O5S/c26-15-16-4-8-18(9-5-16)31-22-3-1-2-20-21(22)12-13-23(20)32-19-10-6-17(7-11-19)24-14-25(28)27-33(24,29)30/h1-11,23-24H,12-14H2,(H,27,28)/t23-,24?/m1/s1. The molecule has 1 heterocycles. The van der Waals surface area contributed by atoms with Crippen molar-refractivity contribution >= 4 is 15.9 Å². The van der Waals surface area contributed by atoms with Crippen molar-refractivity contribution < 1.29 is 22.7 Å². The fourth-order valence-corrected chi connectivity index (χ4v) is 5.73. The van der Waals surface area contributed by atoms with Crippen LogP contribution in [0.25, 0.3) is 0 Å². The first-order valence-corrected chi connectivity index (χ1v) is 12.1. The highest BCUT2D eigenvalue weighted by atomic mass is 32.2. The molecule has 166 valence electrons. The van der Waals surface area contributed by atoms with Gasteiger partial charge >= 0.3 is 0 Å². The van der Waals surface area contributed by atoms with Crippen LogP contribution in [0.15, 0.2) is 66.7 Å². The molecule has 1 aliphatic heterocycles. The second-order valence-electron chi connectivity index (χ2n) is 8.04. The van der Waals surface area contributed by atoms with Crippen molar-refractivity contribution in [2.24, 2.45) is 0 Å². The lowest BCUT2D eigenvalue weighted by molar-refractivity contribution is -0.118. The number of fused-ring (bicyclic) bond motifs is 1. The smallest absolute Gasteiger partial charge is 0.242 e. The molecule has 1 amide bonds. The van der Waals surface area contributed by atoms with Gasteiger partial charge in [0.1, 0.15) is 28.6 Å². The van der Waals surface area contributed by atoms with E-state index in [9.17, 15) is 13.2 Å². The zero-order valence-electron chi connectivity index (χ0n) is 17.5. The van der Waals surface area contributed by atoms with Gasteiger partial charge in [-0.05, 0) is 66.4 Å². The van der Waals surface area contributed by atoms with Gasteiger partial charge in [-0.15, -0.1) is 0 Å². The zero-order chi connectivity index (χ0) is 23.0. The summed E-state index contributed by atoms with van der Waals surface area (Å²) < 4.78 is 38.5. The van der Waals surface area contributed by atoms with Gasteiger partial charge in [0.2, 0.25) is 15.9 Å². The molecule has 1 unspecified atom stereocenters. The Morgan fingerprint density at radius 1 is 0.970 bits per heavy atom. The molecule has 1 saturated heterocycles. The van der Waals surface area contributed by atoms with Gasteiger partial charge in [0, 0.05) is 5.56 Å². The van der Waals surface area contributed by atoms with Crippen LogP contribution < -0.4 is 14.2 Å². The summed E-state index contributed by atoms with van der Waals surface area (Å²) in [4.78, 5) is 11.5. The predicted octanol–water partition coefficient (Wildman–Crippen LogP) is 4.31. The molecule has 1 N–H and O–H groups in total. The zero-order valence-corrected chi connectivity index (χ0v) is 18.3. The highest BCUT2D eigenvalue weighted by Crippen LogP contribution is 2.41. The van der Waals surface area contributed by atoms with Crippen LogP contribution in [0.3, 0.4) is 0 Å². The summed E-state index contributed by atoms with van der Waals surface area (Å²) in [5.74, 6) is 1.58. The van der Waals surface area contributed by atoms with Crippen LogP contribution in [-0.4, -0.2) is 14.3 Å². The van der Waals surface area contributed by atoms with E-state index in [1.54, 1.807) is 48.5 Å². The SMILES string of the molecule is N#Cc1ccc(Oc2cccc3c2CC[C@H]3Oc2ccc(C3CC(=O)NS3(=O)=O)cc2)cc1. The van der Waals surface area contributed by atoms with Crippen LogP contribution in [0, 0.1) is 11.3 Å². The molecule has 33 heavy (non-hydrogen) atoms. The second-order valence-corrected chi connectivity index (χ2v) is 9.90. The van der Waals surface area contributed by atoms with Crippen molar-refractivity contribution in [3.8, 4) is 23.3 Å². The molecule has 1 fully saturated rings. The average Bonchev–Trinajstić information content (AvgIpc) is 3.34. The van der Waals surface area contributed by atoms with Crippen LogP contribution >= 0.6 is 0 Å². The normalized spacial score (nSPS) is 20.5. The molecular weight excluding hydrogens is 440 g/mol. The fraction of sp³-hybridized carbons (Fsp3) is 0.200. The maximum Gasteiger partial charge on any atom is 0.242 e. The van der Waals surface area contributed by atoms with Crippen molar-refractivity contribution in [3.05, 3.63) is 89.0 Å². The van der Waals surface area contributed by atoms with E-state index in [0.29, 0.717) is 22.6 Å². The van der Waals surface area contributed by atoms with Gasteiger partial charge in [-0.25, -0.2) is 8.42 Å². The molecule has 0 aromatic heterocycles. The van der Waals surface area contributed by atoms with E-state index in [-0.39, 0.29) is 12.5 Å². The number of carbonyl (C=O) groups excluding carboxylic acids is 1. The topological polar surface area (TPSA) is 105 Å². The van der Waals surface area contributed by atoms with E-state index in [0.717, 1.165) is 29.7 Å². The second kappa shape index (κ2) is 8.26. The number of nitriles is 1. The Kier molecular flexibility index (Phi) is 5.27. The number of hydrogen-bond acceptors (Lipinski definition) is 6. The van der Waals surface area contributed by atoms with Gasteiger partial charge in [-0.1, -0.05) is 24.3 Å². The van der Waals surface area contributed by atoms with Crippen LogP contribution in [-0.2, 0) is 21.2 Å². The van der Waals surface area contributed by atoms with Crippen molar-refractivity contribution in [2.45, 2.75) is 30.6 Å². The van der Waals surface area contributed by atoms with Gasteiger partial charge < -0.3 is 9.47 Å². The van der Waals surface area contributed by atoms with Gasteiger partial charge in [0.05, 0.1) is 18.1 Å². The summed E-state index contributed by atoms with van der Waals surface area (Å²) in [5, 5.41) is 8.08. The van der Waals surface area contributed by atoms with Crippen molar-refractivity contribution in [3.63, 3.8) is 0 Å². The number of carbonyl (C=O) groups is 1. The van der Waals surface area contributed by atoms with Crippen LogP contribution in [0.5, 0.6) is 17.2 Å². The Hall–Kier alpha value is -3.83. The molecule has 3 aromatic rings. The van der Waals surface area contributed by atoms with E-state index >= 15 is 0 Å². The summed E-state index contributed by atoms with van der Waals surface area (Å²) in [6.07, 6.45) is 1.38. The number of amides is 1. The number of ether oxygens (including phenoxy) is 2. The number of sulfonamides is 1. The van der Waals surface area contributed by atoms with E-state index in [1.807, 2.05) is 22.9 Å². The molecule has 8 heteroatoms. The first-order chi connectivity index (χ1) is 15.9. The minimum absolute atomic E-state index is 0.0689. The lowest BCUT2D eigenvalue weighted by atomic mass is 10.1. The van der Waals surface area contributed by atoms with Gasteiger partial charge in [0.15, 0.2) is 0 Å². The maximum absolute atomic E-state index is 12.1. The fourth-order valence-electron chi connectivity index (χ4n) is 4.30. The highest BCUT2D eigenvalue weighted by molar-refractivity contribution is 7.90. The quantitative estimate of drug-likeness (QED) is 0.608. The van der Waals surface area contributed by atoms with Crippen molar-refractivity contribution in [1.29, 1.82) is 5.26 Å². The van der Waals surface area contributed by atoms with Crippen LogP contribution in [0.2, 0.25) is 0 Å². The molecule has 7 nitrogen and oxygen atoms in total.